The maximum Gasteiger partial charge on any atom is 0.308 e. The van der Waals surface area contributed by atoms with Crippen molar-refractivity contribution in [2.24, 2.45) is 17.3 Å². The van der Waals surface area contributed by atoms with Crippen LogP contribution in [0.4, 0.5) is 0 Å². The van der Waals surface area contributed by atoms with E-state index in [9.17, 15) is 19.5 Å². The molecule has 1 aliphatic heterocycles. The van der Waals surface area contributed by atoms with Crippen molar-refractivity contribution in [2.75, 3.05) is 19.6 Å². The van der Waals surface area contributed by atoms with E-state index in [0.29, 0.717) is 24.2 Å². The Morgan fingerprint density at radius 1 is 1.12 bits per heavy atom. The van der Waals surface area contributed by atoms with Crippen LogP contribution in [0.3, 0.4) is 0 Å². The van der Waals surface area contributed by atoms with Gasteiger partial charge in [0.15, 0.2) is 0 Å². The zero-order valence-corrected chi connectivity index (χ0v) is 15.2. The number of carboxylic acids is 1. The highest BCUT2D eigenvalue weighted by molar-refractivity contribution is 5.98. The highest BCUT2D eigenvalue weighted by Gasteiger charge is 2.37. The molecule has 2 N–H and O–H groups in total. The standard InChI is InChI=1S/C19H26N2O4/c1-12-9-21(10-15(12)18(24)25)17(23)14-7-5-13(6-8-14)16(22)20-11-19(2,3)4/h5-8,12,15H,9-11H2,1-4H3,(H,20,22)(H,24,25)/t12-,15-/m1/s1. The number of aliphatic carboxylic acids is 1. The van der Waals surface area contributed by atoms with Crippen LogP contribution in [0.25, 0.3) is 0 Å². The molecule has 2 amide bonds. The lowest BCUT2D eigenvalue weighted by atomic mass is 9.97. The van der Waals surface area contributed by atoms with Gasteiger partial charge in [0.25, 0.3) is 11.8 Å². The van der Waals surface area contributed by atoms with Gasteiger partial charge in [0.05, 0.1) is 5.92 Å². The van der Waals surface area contributed by atoms with Crippen LogP contribution in [0.1, 0.15) is 48.4 Å². The minimum absolute atomic E-state index is 0.00130. The molecule has 0 aliphatic carbocycles. The van der Waals surface area contributed by atoms with Crippen LogP contribution in [0.15, 0.2) is 24.3 Å². The van der Waals surface area contributed by atoms with E-state index in [2.05, 4.69) is 5.32 Å². The summed E-state index contributed by atoms with van der Waals surface area (Å²) in [6.07, 6.45) is 0. The van der Waals surface area contributed by atoms with Gasteiger partial charge < -0.3 is 15.3 Å². The van der Waals surface area contributed by atoms with Gasteiger partial charge in [-0.15, -0.1) is 0 Å². The van der Waals surface area contributed by atoms with E-state index in [1.807, 2.05) is 27.7 Å². The van der Waals surface area contributed by atoms with E-state index in [-0.39, 0.29) is 29.7 Å². The van der Waals surface area contributed by atoms with Crippen LogP contribution in [0.2, 0.25) is 0 Å². The van der Waals surface area contributed by atoms with Crippen LogP contribution in [-0.4, -0.2) is 47.4 Å². The molecular formula is C19H26N2O4. The average molecular weight is 346 g/mol. The average Bonchev–Trinajstić information content (AvgIpc) is 2.93. The van der Waals surface area contributed by atoms with E-state index >= 15 is 0 Å². The molecule has 25 heavy (non-hydrogen) atoms. The number of amides is 2. The third-order valence-electron chi connectivity index (χ3n) is 4.39. The summed E-state index contributed by atoms with van der Waals surface area (Å²) in [7, 11) is 0. The maximum atomic E-state index is 12.5. The summed E-state index contributed by atoms with van der Waals surface area (Å²) < 4.78 is 0. The summed E-state index contributed by atoms with van der Waals surface area (Å²) in [5.74, 6) is -1.82. The number of likely N-dealkylation sites (tertiary alicyclic amines) is 1. The second kappa shape index (κ2) is 7.25. The Labute approximate surface area is 148 Å². The van der Waals surface area contributed by atoms with Gasteiger partial charge in [0, 0.05) is 30.8 Å². The molecule has 1 aromatic rings. The van der Waals surface area contributed by atoms with Gasteiger partial charge in [-0.3, -0.25) is 14.4 Å². The number of nitrogens with one attached hydrogen (secondary N) is 1. The largest absolute Gasteiger partial charge is 0.481 e. The third-order valence-corrected chi connectivity index (χ3v) is 4.39. The number of carbonyl (C=O) groups is 3. The Morgan fingerprint density at radius 2 is 1.68 bits per heavy atom. The quantitative estimate of drug-likeness (QED) is 0.875. The minimum Gasteiger partial charge on any atom is -0.481 e. The fourth-order valence-electron chi connectivity index (χ4n) is 2.85. The molecule has 1 aliphatic rings. The summed E-state index contributed by atoms with van der Waals surface area (Å²) in [6, 6.07) is 6.49. The van der Waals surface area contributed by atoms with Crippen molar-refractivity contribution in [3.05, 3.63) is 35.4 Å². The van der Waals surface area contributed by atoms with Gasteiger partial charge in [-0.2, -0.15) is 0 Å². The van der Waals surface area contributed by atoms with Gasteiger partial charge in [0.1, 0.15) is 0 Å². The van der Waals surface area contributed by atoms with Crippen LogP contribution in [0.5, 0.6) is 0 Å². The normalized spacial score (nSPS) is 20.4. The van der Waals surface area contributed by atoms with Crippen molar-refractivity contribution in [1.82, 2.24) is 10.2 Å². The van der Waals surface area contributed by atoms with Crippen LogP contribution < -0.4 is 5.32 Å². The first-order chi connectivity index (χ1) is 11.6. The molecule has 1 saturated heterocycles. The SMILES string of the molecule is C[C@@H]1CN(C(=O)c2ccc(C(=O)NCC(C)(C)C)cc2)C[C@H]1C(=O)O. The number of nitrogens with zero attached hydrogens (tertiary/aromatic N) is 1. The fourth-order valence-corrected chi connectivity index (χ4v) is 2.85. The summed E-state index contributed by atoms with van der Waals surface area (Å²) in [4.78, 5) is 37.4. The van der Waals surface area contributed by atoms with Gasteiger partial charge in [0.2, 0.25) is 0 Å². The molecule has 136 valence electrons. The van der Waals surface area contributed by atoms with Crippen molar-refractivity contribution in [2.45, 2.75) is 27.7 Å². The van der Waals surface area contributed by atoms with Gasteiger partial charge in [-0.25, -0.2) is 0 Å². The van der Waals surface area contributed by atoms with Crippen LogP contribution in [-0.2, 0) is 4.79 Å². The highest BCUT2D eigenvalue weighted by Crippen LogP contribution is 2.24. The van der Waals surface area contributed by atoms with Crippen LogP contribution in [0, 0.1) is 17.3 Å². The zero-order valence-electron chi connectivity index (χ0n) is 15.2. The predicted octanol–water partition coefficient (Wildman–Crippen LogP) is 2.26. The molecular weight excluding hydrogens is 320 g/mol. The van der Waals surface area contributed by atoms with Crippen molar-refractivity contribution >= 4 is 17.8 Å². The molecule has 1 fully saturated rings. The number of benzene rings is 1. The highest BCUT2D eigenvalue weighted by atomic mass is 16.4. The Hall–Kier alpha value is -2.37. The summed E-state index contributed by atoms with van der Waals surface area (Å²) >= 11 is 0. The Morgan fingerprint density at radius 3 is 2.16 bits per heavy atom. The first-order valence-corrected chi connectivity index (χ1v) is 8.49. The third kappa shape index (κ3) is 4.81. The number of hydrogen-bond acceptors (Lipinski definition) is 3. The van der Waals surface area contributed by atoms with E-state index in [0.717, 1.165) is 0 Å². The van der Waals surface area contributed by atoms with E-state index in [1.165, 1.54) is 0 Å². The van der Waals surface area contributed by atoms with E-state index in [4.69, 9.17) is 0 Å². The predicted molar refractivity (Wildman–Crippen MR) is 94.4 cm³/mol. The second-order valence-electron chi connectivity index (χ2n) is 7.95. The zero-order chi connectivity index (χ0) is 18.8. The number of hydrogen-bond donors (Lipinski definition) is 2. The lowest BCUT2D eigenvalue weighted by Gasteiger charge is -2.19. The van der Waals surface area contributed by atoms with Crippen molar-refractivity contribution in [3.8, 4) is 0 Å². The lowest BCUT2D eigenvalue weighted by molar-refractivity contribution is -0.142. The van der Waals surface area contributed by atoms with Gasteiger partial charge >= 0.3 is 5.97 Å². The first-order valence-electron chi connectivity index (χ1n) is 8.49. The molecule has 0 aromatic heterocycles. The second-order valence-corrected chi connectivity index (χ2v) is 7.95. The molecule has 6 heteroatoms. The lowest BCUT2D eigenvalue weighted by Crippen LogP contribution is -2.32. The molecule has 0 bridgehead atoms. The molecule has 2 atom stereocenters. The smallest absolute Gasteiger partial charge is 0.308 e. The molecule has 2 rings (SSSR count). The van der Waals surface area contributed by atoms with Gasteiger partial charge in [-0.1, -0.05) is 27.7 Å². The summed E-state index contributed by atoms with van der Waals surface area (Å²) in [5, 5.41) is 12.0. The molecule has 0 unspecified atom stereocenters. The summed E-state index contributed by atoms with van der Waals surface area (Å²) in [6.45, 7) is 9.18. The maximum absolute atomic E-state index is 12.5. The number of rotatable bonds is 4. The molecule has 1 heterocycles. The number of carbonyl (C=O) groups excluding carboxylic acids is 2. The number of carboxylic acid groups (broad SMARTS) is 1. The molecule has 0 spiro atoms. The Kier molecular flexibility index (Phi) is 5.50. The van der Waals surface area contributed by atoms with E-state index < -0.39 is 11.9 Å². The monoisotopic (exact) mass is 346 g/mol. The summed E-state index contributed by atoms with van der Waals surface area (Å²) in [5.41, 5.74) is 0.961. The van der Waals surface area contributed by atoms with Crippen molar-refractivity contribution < 1.29 is 19.5 Å². The Balaban J connectivity index is 2.01. The van der Waals surface area contributed by atoms with Crippen molar-refractivity contribution in [3.63, 3.8) is 0 Å². The van der Waals surface area contributed by atoms with E-state index in [1.54, 1.807) is 29.2 Å². The topological polar surface area (TPSA) is 86.7 Å². The van der Waals surface area contributed by atoms with Gasteiger partial charge in [-0.05, 0) is 35.6 Å². The van der Waals surface area contributed by atoms with Crippen LogP contribution >= 0.6 is 0 Å². The molecule has 6 nitrogen and oxygen atoms in total. The molecule has 0 saturated carbocycles. The molecule has 0 radical (unpaired) electrons. The first kappa shape index (κ1) is 19.0. The Bertz CT molecular complexity index is 661. The fraction of sp³-hybridized carbons (Fsp3) is 0.526. The molecule has 1 aromatic carbocycles. The van der Waals surface area contributed by atoms with Crippen molar-refractivity contribution in [1.29, 1.82) is 0 Å². The minimum atomic E-state index is -0.867.